The standard InChI is InChI=1S/C28H27NO4.C2HF3O2/c1-2-14-29-17-23(18-29)32-22-11-8-19(9-12-22)15-25-24-13-10-21(30)16-26(24)33-28(31)27(25)20-6-4-3-5-7-20;3-2(4,5)1(6)7/h3-13,16,23,30H,2,14-15,17-18H2,1H3;(H,6,7). The fraction of sp³-hybridized carbons (Fsp3) is 0.267. The first kappa shape index (κ1) is 28.7. The van der Waals surface area contributed by atoms with Gasteiger partial charge in [-0.25, -0.2) is 9.59 Å². The van der Waals surface area contributed by atoms with Gasteiger partial charge in [-0.3, -0.25) is 4.90 Å². The average Bonchev–Trinajstić information content (AvgIpc) is 2.88. The number of carboxylic acid groups (broad SMARTS) is 1. The molecular weight excluding hydrogens is 527 g/mol. The number of halogens is 3. The van der Waals surface area contributed by atoms with Crippen LogP contribution in [0.2, 0.25) is 0 Å². The zero-order chi connectivity index (χ0) is 28.9. The number of aromatic hydroxyl groups is 1. The molecule has 210 valence electrons. The number of alkyl halides is 3. The highest BCUT2D eigenvalue weighted by Gasteiger charge is 2.38. The van der Waals surface area contributed by atoms with Crippen LogP contribution in [0, 0.1) is 0 Å². The van der Waals surface area contributed by atoms with Crippen molar-refractivity contribution < 1.29 is 37.3 Å². The third-order valence-electron chi connectivity index (χ3n) is 6.37. The van der Waals surface area contributed by atoms with Gasteiger partial charge >= 0.3 is 17.8 Å². The van der Waals surface area contributed by atoms with Crippen molar-refractivity contribution in [1.29, 1.82) is 0 Å². The minimum absolute atomic E-state index is 0.0686. The molecule has 4 aromatic rings. The summed E-state index contributed by atoms with van der Waals surface area (Å²) in [6.07, 6.45) is -3.11. The molecule has 1 aromatic heterocycles. The van der Waals surface area contributed by atoms with Gasteiger partial charge in [-0.15, -0.1) is 0 Å². The van der Waals surface area contributed by atoms with Crippen LogP contribution in [-0.2, 0) is 11.2 Å². The summed E-state index contributed by atoms with van der Waals surface area (Å²) in [6.45, 7) is 5.28. The maximum Gasteiger partial charge on any atom is 0.490 e. The first-order valence-electron chi connectivity index (χ1n) is 12.7. The number of hydrogen-bond acceptors (Lipinski definition) is 6. The van der Waals surface area contributed by atoms with Gasteiger partial charge in [0, 0.05) is 24.5 Å². The number of nitrogens with zero attached hydrogens (tertiary/aromatic N) is 1. The molecule has 0 bridgehead atoms. The molecule has 1 saturated heterocycles. The molecular formula is C30H28F3NO6. The van der Waals surface area contributed by atoms with Gasteiger partial charge < -0.3 is 19.4 Å². The van der Waals surface area contributed by atoms with Crippen molar-refractivity contribution in [3.05, 3.63) is 94.3 Å². The van der Waals surface area contributed by atoms with E-state index in [0.717, 1.165) is 47.5 Å². The maximum atomic E-state index is 13.0. The van der Waals surface area contributed by atoms with Crippen molar-refractivity contribution in [1.82, 2.24) is 4.90 Å². The normalized spacial score (nSPS) is 13.8. The number of carbonyl (C=O) groups is 1. The minimum atomic E-state index is -5.08. The molecule has 0 saturated carbocycles. The largest absolute Gasteiger partial charge is 0.508 e. The van der Waals surface area contributed by atoms with Crippen molar-refractivity contribution in [2.75, 3.05) is 19.6 Å². The highest BCUT2D eigenvalue weighted by molar-refractivity contribution is 5.88. The highest BCUT2D eigenvalue weighted by atomic mass is 19.4. The van der Waals surface area contributed by atoms with E-state index in [1.165, 1.54) is 12.5 Å². The number of hydrogen-bond donors (Lipinski definition) is 2. The molecule has 0 atom stereocenters. The predicted molar refractivity (Wildman–Crippen MR) is 144 cm³/mol. The maximum absolute atomic E-state index is 13.0. The van der Waals surface area contributed by atoms with Crippen LogP contribution in [0.1, 0.15) is 24.5 Å². The number of aliphatic carboxylic acids is 1. The Kier molecular flexibility index (Phi) is 8.79. The lowest BCUT2D eigenvalue weighted by Crippen LogP contribution is -2.53. The second-order valence-electron chi connectivity index (χ2n) is 9.41. The molecule has 0 radical (unpaired) electrons. The first-order chi connectivity index (χ1) is 19.0. The lowest BCUT2D eigenvalue weighted by molar-refractivity contribution is -0.192. The van der Waals surface area contributed by atoms with Gasteiger partial charge in [0.15, 0.2) is 0 Å². The van der Waals surface area contributed by atoms with Crippen LogP contribution in [0.5, 0.6) is 11.5 Å². The first-order valence-corrected chi connectivity index (χ1v) is 12.7. The number of likely N-dealkylation sites (tertiary alicyclic amines) is 1. The van der Waals surface area contributed by atoms with Crippen molar-refractivity contribution >= 4 is 16.9 Å². The summed E-state index contributed by atoms with van der Waals surface area (Å²) in [5.74, 6) is -1.82. The third-order valence-corrected chi connectivity index (χ3v) is 6.37. The van der Waals surface area contributed by atoms with E-state index < -0.39 is 17.8 Å². The molecule has 1 aliphatic heterocycles. The minimum Gasteiger partial charge on any atom is -0.508 e. The Balaban J connectivity index is 0.000000470. The Hall–Kier alpha value is -4.31. The van der Waals surface area contributed by atoms with Gasteiger partial charge in [-0.1, -0.05) is 49.4 Å². The molecule has 2 heterocycles. The monoisotopic (exact) mass is 555 g/mol. The number of ether oxygens (including phenoxy) is 1. The molecule has 7 nitrogen and oxygen atoms in total. The number of phenolic OH excluding ortho intramolecular Hbond substituents is 1. The van der Waals surface area contributed by atoms with Gasteiger partial charge in [-0.2, -0.15) is 13.2 Å². The lowest BCUT2D eigenvalue weighted by atomic mass is 9.93. The Morgan fingerprint density at radius 1 is 1.05 bits per heavy atom. The number of benzene rings is 3. The molecule has 10 heteroatoms. The Morgan fingerprint density at radius 3 is 2.30 bits per heavy atom. The Morgan fingerprint density at radius 2 is 1.70 bits per heavy atom. The van der Waals surface area contributed by atoms with Gasteiger partial charge in [0.25, 0.3) is 0 Å². The van der Waals surface area contributed by atoms with Gasteiger partial charge in [0.05, 0.1) is 5.56 Å². The van der Waals surface area contributed by atoms with Crippen LogP contribution >= 0.6 is 0 Å². The van der Waals surface area contributed by atoms with E-state index in [-0.39, 0.29) is 11.9 Å². The fourth-order valence-electron chi connectivity index (χ4n) is 4.51. The molecule has 2 N–H and O–H groups in total. The van der Waals surface area contributed by atoms with E-state index in [2.05, 4.69) is 11.8 Å². The summed E-state index contributed by atoms with van der Waals surface area (Å²) < 4.78 is 43.4. The zero-order valence-corrected chi connectivity index (χ0v) is 21.6. The van der Waals surface area contributed by atoms with Crippen molar-refractivity contribution in [3.63, 3.8) is 0 Å². The summed E-state index contributed by atoms with van der Waals surface area (Å²) in [7, 11) is 0. The lowest BCUT2D eigenvalue weighted by Gasteiger charge is -2.38. The second-order valence-corrected chi connectivity index (χ2v) is 9.41. The second kappa shape index (κ2) is 12.3. The van der Waals surface area contributed by atoms with E-state index in [4.69, 9.17) is 19.1 Å². The summed E-state index contributed by atoms with van der Waals surface area (Å²) in [6, 6.07) is 22.6. The van der Waals surface area contributed by atoms with E-state index in [1.54, 1.807) is 6.07 Å². The number of fused-ring (bicyclic) bond motifs is 1. The molecule has 0 amide bonds. The van der Waals surface area contributed by atoms with E-state index in [0.29, 0.717) is 17.6 Å². The molecule has 0 aliphatic carbocycles. The molecule has 1 fully saturated rings. The van der Waals surface area contributed by atoms with E-state index in [9.17, 15) is 23.1 Å². The molecule has 40 heavy (non-hydrogen) atoms. The van der Waals surface area contributed by atoms with Gasteiger partial charge in [0.2, 0.25) is 0 Å². The van der Waals surface area contributed by atoms with E-state index >= 15 is 0 Å². The summed E-state index contributed by atoms with van der Waals surface area (Å²) in [5, 5.41) is 17.8. The quantitative estimate of drug-likeness (QED) is 0.276. The number of rotatable bonds is 7. The van der Waals surface area contributed by atoms with Crippen molar-refractivity contribution in [2.24, 2.45) is 0 Å². The van der Waals surface area contributed by atoms with Crippen LogP contribution in [0.25, 0.3) is 22.1 Å². The summed E-state index contributed by atoms with van der Waals surface area (Å²) in [5.41, 5.74) is 3.31. The molecule has 0 spiro atoms. The third kappa shape index (κ3) is 7.01. The van der Waals surface area contributed by atoms with Gasteiger partial charge in [-0.05, 0) is 60.3 Å². The number of phenols is 1. The highest BCUT2D eigenvalue weighted by Crippen LogP contribution is 2.31. The SMILES string of the molecule is CCCN1CC(Oc2ccc(Cc3c(-c4ccccc4)c(=O)oc4cc(O)ccc34)cc2)C1.O=C(O)C(F)(F)F. The topological polar surface area (TPSA) is 100 Å². The average molecular weight is 556 g/mol. The smallest absolute Gasteiger partial charge is 0.490 e. The van der Waals surface area contributed by atoms with Gasteiger partial charge in [0.1, 0.15) is 23.2 Å². The molecule has 1 aliphatic rings. The zero-order valence-electron chi connectivity index (χ0n) is 21.6. The van der Waals surface area contributed by atoms with Crippen LogP contribution < -0.4 is 10.4 Å². The van der Waals surface area contributed by atoms with Crippen molar-refractivity contribution in [2.45, 2.75) is 32.0 Å². The Labute approximate surface area is 228 Å². The summed E-state index contributed by atoms with van der Waals surface area (Å²) in [4.78, 5) is 24.3. The van der Waals surface area contributed by atoms with Crippen molar-refractivity contribution in [3.8, 4) is 22.6 Å². The predicted octanol–water partition coefficient (Wildman–Crippen LogP) is 5.86. The van der Waals surface area contributed by atoms with Crippen LogP contribution in [0.3, 0.4) is 0 Å². The van der Waals surface area contributed by atoms with Crippen LogP contribution in [-0.4, -0.2) is 53.0 Å². The molecule has 0 unspecified atom stereocenters. The molecule has 3 aromatic carbocycles. The molecule has 5 rings (SSSR count). The Bertz CT molecular complexity index is 1510. The fourth-order valence-corrected chi connectivity index (χ4v) is 4.51. The summed E-state index contributed by atoms with van der Waals surface area (Å²) >= 11 is 0. The van der Waals surface area contributed by atoms with Crippen LogP contribution in [0.4, 0.5) is 13.2 Å². The van der Waals surface area contributed by atoms with Crippen LogP contribution in [0.15, 0.2) is 82.0 Å². The van der Waals surface area contributed by atoms with E-state index in [1.807, 2.05) is 60.7 Å². The number of carboxylic acids is 1.